The Morgan fingerprint density at radius 2 is 1.83 bits per heavy atom. The quantitative estimate of drug-likeness (QED) is 0.719. The van der Waals surface area contributed by atoms with Crippen molar-refractivity contribution in [2.75, 3.05) is 5.73 Å². The zero-order valence-corrected chi connectivity index (χ0v) is 12.8. The molecule has 0 saturated carbocycles. The van der Waals surface area contributed by atoms with Gasteiger partial charge in [0.2, 0.25) is 5.43 Å². The van der Waals surface area contributed by atoms with Crippen LogP contribution in [-0.4, -0.2) is 10.5 Å². The number of carbonyl (C=O) groups is 1. The number of hydrogen-bond donors (Lipinski definition) is 2. The number of aryl methyl sites for hydroxylation is 2. The van der Waals surface area contributed by atoms with E-state index in [0.29, 0.717) is 24.2 Å². The average molecular weight is 325 g/mol. The Kier molecular flexibility index (Phi) is 4.04. The number of carbonyl (C=O) groups excluding carboxylic acids is 1. The summed E-state index contributed by atoms with van der Waals surface area (Å²) in [5.74, 6) is -1.09. The summed E-state index contributed by atoms with van der Waals surface area (Å²) in [4.78, 5) is 24.0. The van der Waals surface area contributed by atoms with Crippen molar-refractivity contribution in [3.05, 3.63) is 75.8 Å². The third kappa shape index (κ3) is 2.86. The molecule has 6 heteroatoms. The number of hydrogen-bond acceptors (Lipinski definition) is 3. The number of nitrogens with zero attached hydrogens (tertiary/aromatic N) is 1. The van der Waals surface area contributed by atoms with Crippen molar-refractivity contribution in [3.63, 3.8) is 0 Å². The van der Waals surface area contributed by atoms with Crippen LogP contribution in [0.15, 0.2) is 53.5 Å². The molecule has 3 aromatic rings. The average Bonchev–Trinajstić information content (AvgIpc) is 2.55. The van der Waals surface area contributed by atoms with Crippen molar-refractivity contribution >= 4 is 22.5 Å². The number of benzene rings is 2. The van der Waals surface area contributed by atoms with Crippen LogP contribution in [-0.2, 0) is 13.0 Å². The highest BCUT2D eigenvalue weighted by Gasteiger charge is 2.14. The van der Waals surface area contributed by atoms with Crippen LogP contribution in [0, 0.1) is 5.82 Å². The van der Waals surface area contributed by atoms with E-state index in [1.54, 1.807) is 34.9 Å². The summed E-state index contributed by atoms with van der Waals surface area (Å²) in [7, 11) is 0. The van der Waals surface area contributed by atoms with E-state index in [2.05, 4.69) is 0 Å². The molecule has 0 aliphatic rings. The normalized spacial score (nSPS) is 10.9. The predicted molar refractivity (Wildman–Crippen MR) is 91.2 cm³/mol. The van der Waals surface area contributed by atoms with E-state index in [1.165, 1.54) is 18.3 Å². The maximum absolute atomic E-state index is 13.0. The lowest BCUT2D eigenvalue weighted by molar-refractivity contribution is 0.0998. The van der Waals surface area contributed by atoms with Crippen LogP contribution in [0.2, 0.25) is 0 Å². The molecular formula is C18H16FN3O2. The molecule has 0 fully saturated rings. The smallest absolute Gasteiger partial charge is 0.254 e. The van der Waals surface area contributed by atoms with Gasteiger partial charge in [0.15, 0.2) is 0 Å². The van der Waals surface area contributed by atoms with Gasteiger partial charge >= 0.3 is 0 Å². The van der Waals surface area contributed by atoms with Gasteiger partial charge in [-0.1, -0.05) is 18.2 Å². The predicted octanol–water partition coefficient (Wildman–Crippen LogP) is 2.06. The monoisotopic (exact) mass is 325 g/mol. The Bertz CT molecular complexity index is 978. The van der Waals surface area contributed by atoms with Crippen LogP contribution >= 0.6 is 0 Å². The number of rotatable bonds is 4. The topological polar surface area (TPSA) is 91.1 Å². The minimum absolute atomic E-state index is 0.0977. The molecule has 1 aromatic heterocycles. The first-order valence-corrected chi connectivity index (χ1v) is 7.43. The summed E-state index contributed by atoms with van der Waals surface area (Å²) in [6, 6.07) is 11.3. The number of primary amides is 1. The van der Waals surface area contributed by atoms with Gasteiger partial charge in [-0.2, -0.15) is 0 Å². The lowest BCUT2D eigenvalue weighted by atomic mass is 10.1. The summed E-state index contributed by atoms with van der Waals surface area (Å²) in [6.07, 6.45) is 2.06. The van der Waals surface area contributed by atoms with E-state index in [4.69, 9.17) is 11.5 Å². The molecule has 0 bridgehead atoms. The molecule has 122 valence electrons. The van der Waals surface area contributed by atoms with Gasteiger partial charge < -0.3 is 16.0 Å². The number of pyridine rings is 1. The molecule has 1 amide bonds. The highest BCUT2D eigenvalue weighted by molar-refractivity contribution is 5.99. The van der Waals surface area contributed by atoms with Crippen LogP contribution in [0.1, 0.15) is 15.9 Å². The molecule has 5 nitrogen and oxygen atoms in total. The summed E-state index contributed by atoms with van der Waals surface area (Å²) in [5.41, 5.74) is 12.5. The Hall–Kier alpha value is -3.15. The Balaban J connectivity index is 2.08. The van der Waals surface area contributed by atoms with Gasteiger partial charge in [-0.25, -0.2) is 4.39 Å². The number of fused-ring (bicyclic) bond motifs is 1. The molecule has 0 radical (unpaired) electrons. The first-order chi connectivity index (χ1) is 11.5. The highest BCUT2D eigenvalue weighted by Crippen LogP contribution is 2.19. The molecule has 3 rings (SSSR count). The number of nitrogens with two attached hydrogens (primary N) is 2. The Morgan fingerprint density at radius 3 is 2.50 bits per heavy atom. The maximum Gasteiger partial charge on any atom is 0.254 e. The molecule has 24 heavy (non-hydrogen) atoms. The summed E-state index contributed by atoms with van der Waals surface area (Å²) in [5, 5.41) is 0.285. The highest BCUT2D eigenvalue weighted by atomic mass is 19.1. The van der Waals surface area contributed by atoms with E-state index in [0.717, 1.165) is 5.56 Å². The second-order valence-electron chi connectivity index (χ2n) is 5.55. The van der Waals surface area contributed by atoms with Gasteiger partial charge in [0.25, 0.3) is 5.91 Å². The van der Waals surface area contributed by atoms with Gasteiger partial charge in [0, 0.05) is 18.4 Å². The van der Waals surface area contributed by atoms with E-state index in [1.807, 2.05) is 0 Å². The van der Waals surface area contributed by atoms with Crippen LogP contribution in [0.25, 0.3) is 10.9 Å². The number of amides is 1. The largest absolute Gasteiger partial charge is 0.398 e. The van der Waals surface area contributed by atoms with Crippen molar-refractivity contribution in [1.82, 2.24) is 4.57 Å². The first-order valence-electron chi connectivity index (χ1n) is 7.43. The summed E-state index contributed by atoms with van der Waals surface area (Å²) >= 11 is 0. The van der Waals surface area contributed by atoms with Gasteiger partial charge in [0.1, 0.15) is 11.4 Å². The minimum Gasteiger partial charge on any atom is -0.398 e. The zero-order chi connectivity index (χ0) is 17.3. The van der Waals surface area contributed by atoms with Gasteiger partial charge in [-0.05, 0) is 36.2 Å². The van der Waals surface area contributed by atoms with Crippen LogP contribution < -0.4 is 16.9 Å². The fraction of sp³-hybridized carbons (Fsp3) is 0.111. The zero-order valence-electron chi connectivity index (χ0n) is 12.8. The second-order valence-corrected chi connectivity index (χ2v) is 5.55. The SMILES string of the molecule is NC(=O)c1cn(CCc2ccc(F)cc2)c2cccc(N)c2c1=O. The van der Waals surface area contributed by atoms with Crippen molar-refractivity contribution in [2.24, 2.45) is 5.73 Å². The molecule has 1 heterocycles. The van der Waals surface area contributed by atoms with Gasteiger partial charge in [-0.15, -0.1) is 0 Å². The third-order valence-corrected chi connectivity index (χ3v) is 3.96. The van der Waals surface area contributed by atoms with Crippen LogP contribution in [0.5, 0.6) is 0 Å². The van der Waals surface area contributed by atoms with Crippen molar-refractivity contribution in [1.29, 1.82) is 0 Å². The number of anilines is 1. The molecule has 0 saturated heterocycles. The fourth-order valence-corrected chi connectivity index (χ4v) is 2.72. The van der Waals surface area contributed by atoms with Crippen molar-refractivity contribution in [2.45, 2.75) is 13.0 Å². The fourth-order valence-electron chi connectivity index (χ4n) is 2.72. The van der Waals surface area contributed by atoms with Crippen molar-refractivity contribution in [3.8, 4) is 0 Å². The third-order valence-electron chi connectivity index (χ3n) is 3.96. The molecule has 0 atom stereocenters. The molecular weight excluding hydrogens is 309 g/mol. The van der Waals surface area contributed by atoms with Crippen molar-refractivity contribution < 1.29 is 9.18 Å². The van der Waals surface area contributed by atoms with Gasteiger partial charge in [0.05, 0.1) is 10.9 Å². The molecule has 2 aromatic carbocycles. The Labute approximate surface area is 137 Å². The summed E-state index contributed by atoms with van der Waals surface area (Å²) in [6.45, 7) is 0.492. The lowest BCUT2D eigenvalue weighted by Crippen LogP contribution is -2.25. The van der Waals surface area contributed by atoms with E-state index >= 15 is 0 Å². The number of halogens is 1. The maximum atomic E-state index is 13.0. The van der Waals surface area contributed by atoms with Crippen LogP contribution in [0.3, 0.4) is 0 Å². The standard InChI is InChI=1S/C18H16FN3O2/c19-12-6-4-11(5-7-12)8-9-22-10-13(18(21)24)17(23)16-14(20)2-1-3-15(16)22/h1-7,10H,8-9,20H2,(H2,21,24). The van der Waals surface area contributed by atoms with Crippen LogP contribution in [0.4, 0.5) is 10.1 Å². The van der Waals surface area contributed by atoms with E-state index in [9.17, 15) is 14.0 Å². The summed E-state index contributed by atoms with van der Waals surface area (Å²) < 4.78 is 14.8. The second kappa shape index (κ2) is 6.16. The molecule has 0 unspecified atom stereocenters. The molecule has 0 aliphatic carbocycles. The molecule has 0 aliphatic heterocycles. The number of nitrogen functional groups attached to an aromatic ring is 1. The van der Waals surface area contributed by atoms with E-state index in [-0.39, 0.29) is 16.8 Å². The first kappa shape index (κ1) is 15.7. The molecule has 4 N–H and O–H groups in total. The minimum atomic E-state index is -0.791. The van der Waals surface area contributed by atoms with Gasteiger partial charge in [-0.3, -0.25) is 9.59 Å². The lowest BCUT2D eigenvalue weighted by Gasteiger charge is -2.13. The van der Waals surface area contributed by atoms with E-state index < -0.39 is 11.3 Å². The molecule has 0 spiro atoms. The number of aromatic nitrogens is 1. The Morgan fingerprint density at radius 1 is 1.12 bits per heavy atom.